The average molecular weight is 358 g/mol. The first-order valence-corrected chi connectivity index (χ1v) is 7.55. The lowest BCUT2D eigenvalue weighted by Gasteiger charge is -2.38. The van der Waals surface area contributed by atoms with Crippen LogP contribution in [0.5, 0.6) is 0 Å². The molecule has 2 aromatic rings. The number of nitrogens with one attached hydrogen (secondary N) is 1. The van der Waals surface area contributed by atoms with Crippen molar-refractivity contribution in [3.8, 4) is 0 Å². The number of halogens is 2. The van der Waals surface area contributed by atoms with Crippen LogP contribution >= 0.6 is 24.8 Å². The van der Waals surface area contributed by atoms with Gasteiger partial charge in [0.1, 0.15) is 6.33 Å². The summed E-state index contributed by atoms with van der Waals surface area (Å²) < 4.78 is 1.79. The van der Waals surface area contributed by atoms with E-state index in [1.165, 1.54) is 6.42 Å². The van der Waals surface area contributed by atoms with Crippen molar-refractivity contribution in [2.24, 2.45) is 5.41 Å². The highest BCUT2D eigenvalue weighted by Gasteiger charge is 2.38. The number of pyridine rings is 1. The number of fused-ring (bicyclic) bond motifs is 1. The minimum Gasteiger partial charge on any atom is -0.339 e. The maximum Gasteiger partial charge on any atom is 0.255 e. The molecule has 6 nitrogen and oxygen atoms in total. The molecular formula is C15H21Cl2N5O. The van der Waals surface area contributed by atoms with Crippen molar-refractivity contribution >= 4 is 36.4 Å². The Morgan fingerprint density at radius 1 is 1.17 bits per heavy atom. The predicted molar refractivity (Wildman–Crippen MR) is 92.5 cm³/mol. The molecule has 4 rings (SSSR count). The van der Waals surface area contributed by atoms with Gasteiger partial charge in [-0.15, -0.1) is 35.0 Å². The Morgan fingerprint density at radius 2 is 1.96 bits per heavy atom. The van der Waals surface area contributed by atoms with Gasteiger partial charge in [0.05, 0.1) is 5.56 Å². The van der Waals surface area contributed by atoms with Gasteiger partial charge in [-0.2, -0.15) is 0 Å². The van der Waals surface area contributed by atoms with Crippen LogP contribution in [0.2, 0.25) is 0 Å². The molecule has 126 valence electrons. The summed E-state index contributed by atoms with van der Waals surface area (Å²) in [6.07, 6.45) is 6.92. The normalized spacial score (nSPS) is 19.4. The molecule has 23 heavy (non-hydrogen) atoms. The summed E-state index contributed by atoms with van der Waals surface area (Å²) in [6.45, 7) is 3.96. The van der Waals surface area contributed by atoms with Gasteiger partial charge in [-0.05, 0) is 43.4 Å². The Hall–Kier alpha value is -1.37. The van der Waals surface area contributed by atoms with Crippen LogP contribution in [0.3, 0.4) is 0 Å². The third-order valence-electron chi connectivity index (χ3n) is 4.98. The van der Waals surface area contributed by atoms with E-state index in [9.17, 15) is 4.79 Å². The standard InChI is InChI=1S/C15H19N5O.2ClH/c21-14(12-1-2-13-18-17-11-20(13)9-12)19-7-4-15(5-8-19)3-6-16-10-15;;/h1-2,9,11,16H,3-8,10H2;2*1H. The van der Waals surface area contributed by atoms with Crippen molar-refractivity contribution in [2.75, 3.05) is 26.2 Å². The summed E-state index contributed by atoms with van der Waals surface area (Å²) in [5, 5.41) is 11.3. The van der Waals surface area contributed by atoms with Crippen LogP contribution in [0, 0.1) is 5.41 Å². The van der Waals surface area contributed by atoms with Crippen LogP contribution in [-0.4, -0.2) is 51.6 Å². The maximum absolute atomic E-state index is 12.6. The number of carbonyl (C=O) groups excluding carboxylic acids is 1. The van der Waals surface area contributed by atoms with E-state index in [1.807, 2.05) is 23.2 Å². The Labute approximate surface area is 147 Å². The molecule has 0 radical (unpaired) electrons. The molecule has 0 aliphatic carbocycles. The van der Waals surface area contributed by atoms with E-state index in [0.29, 0.717) is 11.0 Å². The fourth-order valence-electron chi connectivity index (χ4n) is 3.54. The summed E-state index contributed by atoms with van der Waals surface area (Å²) in [7, 11) is 0. The van der Waals surface area contributed by atoms with E-state index >= 15 is 0 Å². The molecule has 8 heteroatoms. The summed E-state index contributed by atoms with van der Waals surface area (Å²) in [5.41, 5.74) is 1.92. The number of hydrogen-bond donors (Lipinski definition) is 1. The Bertz CT molecular complexity index is 673. The number of likely N-dealkylation sites (tertiary alicyclic amines) is 1. The van der Waals surface area contributed by atoms with Gasteiger partial charge in [-0.1, -0.05) is 0 Å². The van der Waals surface area contributed by atoms with Gasteiger partial charge in [-0.25, -0.2) is 0 Å². The highest BCUT2D eigenvalue weighted by atomic mass is 35.5. The van der Waals surface area contributed by atoms with Gasteiger partial charge in [0.15, 0.2) is 5.65 Å². The summed E-state index contributed by atoms with van der Waals surface area (Å²) in [5.74, 6) is 0.117. The van der Waals surface area contributed by atoms with Gasteiger partial charge < -0.3 is 10.2 Å². The van der Waals surface area contributed by atoms with Crippen molar-refractivity contribution in [1.29, 1.82) is 0 Å². The molecule has 0 aromatic carbocycles. The maximum atomic E-state index is 12.6. The van der Waals surface area contributed by atoms with Crippen molar-refractivity contribution in [3.05, 3.63) is 30.2 Å². The van der Waals surface area contributed by atoms with E-state index < -0.39 is 0 Å². The number of nitrogens with zero attached hydrogens (tertiary/aromatic N) is 4. The van der Waals surface area contributed by atoms with E-state index in [4.69, 9.17) is 0 Å². The SMILES string of the molecule is Cl.Cl.O=C(c1ccc2nncn2c1)N1CCC2(CCNC2)CC1. The predicted octanol–water partition coefficient (Wildman–Crippen LogP) is 1.79. The van der Waals surface area contributed by atoms with Crippen LogP contribution in [0.1, 0.15) is 29.6 Å². The van der Waals surface area contributed by atoms with E-state index in [-0.39, 0.29) is 30.7 Å². The van der Waals surface area contributed by atoms with Crippen LogP contribution in [0.4, 0.5) is 0 Å². The van der Waals surface area contributed by atoms with Gasteiger partial charge in [0.2, 0.25) is 0 Å². The van der Waals surface area contributed by atoms with E-state index in [0.717, 1.165) is 44.7 Å². The van der Waals surface area contributed by atoms with Gasteiger partial charge in [-0.3, -0.25) is 9.20 Å². The summed E-state index contributed by atoms with van der Waals surface area (Å²) in [4.78, 5) is 14.6. The topological polar surface area (TPSA) is 62.5 Å². The summed E-state index contributed by atoms with van der Waals surface area (Å²) in [6, 6.07) is 3.68. The molecule has 2 aromatic heterocycles. The zero-order valence-corrected chi connectivity index (χ0v) is 14.4. The van der Waals surface area contributed by atoms with Crippen molar-refractivity contribution < 1.29 is 4.79 Å². The fourth-order valence-corrected chi connectivity index (χ4v) is 3.54. The molecule has 1 spiro atoms. The second-order valence-electron chi connectivity index (χ2n) is 6.23. The molecule has 0 bridgehead atoms. The van der Waals surface area contributed by atoms with E-state index in [2.05, 4.69) is 15.5 Å². The van der Waals surface area contributed by atoms with Crippen molar-refractivity contribution in [1.82, 2.24) is 24.8 Å². The third-order valence-corrected chi connectivity index (χ3v) is 4.98. The first-order chi connectivity index (χ1) is 10.3. The smallest absolute Gasteiger partial charge is 0.255 e. The lowest BCUT2D eigenvalue weighted by atomic mass is 9.78. The Morgan fingerprint density at radius 3 is 2.65 bits per heavy atom. The number of amides is 1. The number of aromatic nitrogens is 3. The second kappa shape index (κ2) is 7.03. The van der Waals surface area contributed by atoms with Crippen LogP contribution in [0.25, 0.3) is 5.65 Å². The number of piperidine rings is 1. The number of carbonyl (C=O) groups is 1. The second-order valence-corrected chi connectivity index (χ2v) is 6.23. The molecule has 2 saturated heterocycles. The molecule has 0 atom stereocenters. The molecule has 0 saturated carbocycles. The Balaban J connectivity index is 0.000000960. The minimum absolute atomic E-state index is 0. The molecule has 0 unspecified atom stereocenters. The van der Waals surface area contributed by atoms with Gasteiger partial charge in [0.25, 0.3) is 5.91 Å². The first-order valence-electron chi connectivity index (χ1n) is 7.55. The largest absolute Gasteiger partial charge is 0.339 e. The molecule has 2 aliphatic rings. The molecular weight excluding hydrogens is 337 g/mol. The van der Waals surface area contributed by atoms with Crippen LogP contribution in [-0.2, 0) is 0 Å². The average Bonchev–Trinajstić information content (AvgIpc) is 3.16. The third kappa shape index (κ3) is 3.29. The first kappa shape index (κ1) is 18.0. The quantitative estimate of drug-likeness (QED) is 0.844. The lowest BCUT2D eigenvalue weighted by Crippen LogP contribution is -2.44. The fraction of sp³-hybridized carbons (Fsp3) is 0.533. The van der Waals surface area contributed by atoms with Gasteiger partial charge >= 0.3 is 0 Å². The minimum atomic E-state index is 0. The van der Waals surface area contributed by atoms with Crippen LogP contribution < -0.4 is 5.32 Å². The highest BCUT2D eigenvalue weighted by Crippen LogP contribution is 2.37. The zero-order valence-electron chi connectivity index (χ0n) is 12.8. The van der Waals surface area contributed by atoms with Crippen LogP contribution in [0.15, 0.2) is 24.7 Å². The highest BCUT2D eigenvalue weighted by molar-refractivity contribution is 5.94. The van der Waals surface area contributed by atoms with Crippen molar-refractivity contribution in [2.45, 2.75) is 19.3 Å². The summed E-state index contributed by atoms with van der Waals surface area (Å²) >= 11 is 0. The monoisotopic (exact) mass is 357 g/mol. The molecule has 2 fully saturated rings. The zero-order chi connectivity index (χ0) is 14.3. The van der Waals surface area contributed by atoms with Gasteiger partial charge in [0, 0.05) is 25.8 Å². The van der Waals surface area contributed by atoms with E-state index in [1.54, 1.807) is 10.7 Å². The van der Waals surface area contributed by atoms with Crippen molar-refractivity contribution in [3.63, 3.8) is 0 Å². The molecule has 1 amide bonds. The Kier molecular flexibility index (Phi) is 5.49. The molecule has 1 N–H and O–H groups in total. The lowest BCUT2D eigenvalue weighted by molar-refractivity contribution is 0.0607. The molecule has 4 heterocycles. The molecule has 2 aliphatic heterocycles. The number of hydrogen-bond acceptors (Lipinski definition) is 4. The number of rotatable bonds is 1.